The zero-order chi connectivity index (χ0) is 20.5. The Labute approximate surface area is 194 Å². The van der Waals surface area contributed by atoms with Gasteiger partial charge in [-0.05, 0) is 43.2 Å². The number of halogens is 1. The molecule has 2 aromatic rings. The molecule has 0 radical (unpaired) electrons. The lowest BCUT2D eigenvalue weighted by Gasteiger charge is -2.13. The number of hydrogen-bond acceptors (Lipinski definition) is 4. The number of guanidine groups is 1. The van der Waals surface area contributed by atoms with E-state index >= 15 is 0 Å². The SMILES string of the molecule is CCNC(=NCC1Cc2ccccc2O1)NCCCNC(=O)c1cccc(O)c1.I. The predicted octanol–water partition coefficient (Wildman–Crippen LogP) is 2.69. The van der Waals surface area contributed by atoms with Crippen molar-refractivity contribution in [3.8, 4) is 11.5 Å². The molecule has 1 amide bonds. The summed E-state index contributed by atoms with van der Waals surface area (Å²) in [4.78, 5) is 16.7. The summed E-state index contributed by atoms with van der Waals surface area (Å²) in [5.41, 5.74) is 1.68. The number of rotatable bonds is 8. The second-order valence-corrected chi connectivity index (χ2v) is 6.86. The molecular weight excluding hydrogens is 495 g/mol. The van der Waals surface area contributed by atoms with Gasteiger partial charge in [-0.2, -0.15) is 0 Å². The minimum Gasteiger partial charge on any atom is -0.508 e. The Kier molecular flexibility index (Phi) is 9.72. The lowest BCUT2D eigenvalue weighted by molar-refractivity contribution is 0.0953. The minimum atomic E-state index is -0.195. The van der Waals surface area contributed by atoms with Gasteiger partial charge >= 0.3 is 0 Å². The van der Waals surface area contributed by atoms with Gasteiger partial charge in [0.05, 0.1) is 6.54 Å². The van der Waals surface area contributed by atoms with Crippen LogP contribution in [0.15, 0.2) is 53.5 Å². The summed E-state index contributed by atoms with van der Waals surface area (Å²) >= 11 is 0. The molecule has 1 unspecified atom stereocenters. The van der Waals surface area contributed by atoms with E-state index < -0.39 is 0 Å². The Morgan fingerprint density at radius 3 is 2.70 bits per heavy atom. The van der Waals surface area contributed by atoms with Crippen LogP contribution in [0.1, 0.15) is 29.3 Å². The van der Waals surface area contributed by atoms with Crippen molar-refractivity contribution in [2.75, 3.05) is 26.2 Å². The first-order valence-electron chi connectivity index (χ1n) is 9.99. The van der Waals surface area contributed by atoms with E-state index in [9.17, 15) is 9.90 Å². The number of phenolic OH excluding ortho intramolecular Hbond substituents is 1. The fraction of sp³-hybridized carbons (Fsp3) is 0.364. The molecular formula is C22H29IN4O3. The third-order valence-electron chi connectivity index (χ3n) is 4.55. The van der Waals surface area contributed by atoms with Crippen molar-refractivity contribution in [3.05, 3.63) is 59.7 Å². The molecule has 0 spiro atoms. The third kappa shape index (κ3) is 7.08. The van der Waals surface area contributed by atoms with Crippen LogP contribution in [0.3, 0.4) is 0 Å². The Morgan fingerprint density at radius 1 is 1.13 bits per heavy atom. The highest BCUT2D eigenvalue weighted by Crippen LogP contribution is 2.28. The van der Waals surface area contributed by atoms with E-state index in [0.29, 0.717) is 25.2 Å². The number of aromatic hydroxyl groups is 1. The van der Waals surface area contributed by atoms with Crippen LogP contribution < -0.4 is 20.7 Å². The van der Waals surface area contributed by atoms with E-state index in [0.717, 1.165) is 31.1 Å². The van der Waals surface area contributed by atoms with E-state index in [1.807, 2.05) is 25.1 Å². The maximum Gasteiger partial charge on any atom is 0.251 e. The highest BCUT2D eigenvalue weighted by atomic mass is 127. The number of carbonyl (C=O) groups is 1. The molecule has 0 aliphatic carbocycles. The molecule has 0 bridgehead atoms. The number of carbonyl (C=O) groups excluding carboxylic acids is 1. The van der Waals surface area contributed by atoms with E-state index in [-0.39, 0.29) is 41.7 Å². The summed E-state index contributed by atoms with van der Waals surface area (Å²) in [6.45, 7) is 4.58. The molecule has 1 aliphatic rings. The number of amides is 1. The van der Waals surface area contributed by atoms with Crippen molar-refractivity contribution in [2.24, 2.45) is 4.99 Å². The summed E-state index contributed by atoms with van der Waals surface area (Å²) < 4.78 is 5.93. The highest BCUT2D eigenvalue weighted by Gasteiger charge is 2.21. The summed E-state index contributed by atoms with van der Waals surface area (Å²) in [7, 11) is 0. The molecule has 162 valence electrons. The standard InChI is InChI=1S/C22H28N4O3.HI/c1-2-23-22(26-15-19-14-16-7-3-4-10-20(16)29-19)25-12-6-11-24-21(28)17-8-5-9-18(27)13-17;/h3-5,7-10,13,19,27H,2,6,11-12,14-15H2,1H3,(H,24,28)(H2,23,25,26);1H. The number of fused-ring (bicyclic) bond motifs is 1. The molecule has 8 heteroatoms. The van der Waals surface area contributed by atoms with Gasteiger partial charge in [-0.3, -0.25) is 4.79 Å². The molecule has 1 aliphatic heterocycles. The maximum atomic E-state index is 12.0. The topological polar surface area (TPSA) is 95.0 Å². The monoisotopic (exact) mass is 524 g/mol. The van der Waals surface area contributed by atoms with Crippen LogP contribution in [0.5, 0.6) is 11.5 Å². The van der Waals surface area contributed by atoms with Crippen LogP contribution >= 0.6 is 24.0 Å². The lowest BCUT2D eigenvalue weighted by atomic mass is 10.1. The second kappa shape index (κ2) is 12.3. The average molecular weight is 524 g/mol. The van der Waals surface area contributed by atoms with Gasteiger partial charge in [0.1, 0.15) is 17.6 Å². The van der Waals surface area contributed by atoms with Gasteiger partial charge in [0.25, 0.3) is 5.91 Å². The fourth-order valence-electron chi connectivity index (χ4n) is 3.14. The Bertz CT molecular complexity index is 835. The first-order chi connectivity index (χ1) is 14.2. The Morgan fingerprint density at radius 2 is 1.93 bits per heavy atom. The van der Waals surface area contributed by atoms with Crippen molar-refractivity contribution < 1.29 is 14.6 Å². The molecule has 7 nitrogen and oxygen atoms in total. The molecule has 30 heavy (non-hydrogen) atoms. The summed E-state index contributed by atoms with van der Waals surface area (Å²) in [5, 5.41) is 18.8. The number of nitrogens with one attached hydrogen (secondary N) is 3. The van der Waals surface area contributed by atoms with Gasteiger partial charge in [-0.1, -0.05) is 24.3 Å². The minimum absolute atomic E-state index is 0. The maximum absolute atomic E-state index is 12.0. The van der Waals surface area contributed by atoms with E-state index in [1.165, 1.54) is 17.7 Å². The van der Waals surface area contributed by atoms with Gasteiger partial charge in [-0.15, -0.1) is 24.0 Å². The largest absolute Gasteiger partial charge is 0.508 e. The number of ether oxygens (including phenoxy) is 1. The van der Waals surface area contributed by atoms with Crippen molar-refractivity contribution in [1.29, 1.82) is 0 Å². The van der Waals surface area contributed by atoms with Crippen LogP contribution in [-0.4, -0.2) is 49.3 Å². The molecule has 0 saturated carbocycles. The van der Waals surface area contributed by atoms with Crippen LogP contribution in [0.4, 0.5) is 0 Å². The van der Waals surface area contributed by atoms with Crippen LogP contribution in [0, 0.1) is 0 Å². The number of hydrogen-bond donors (Lipinski definition) is 4. The highest BCUT2D eigenvalue weighted by molar-refractivity contribution is 14.0. The van der Waals surface area contributed by atoms with E-state index in [1.54, 1.807) is 12.1 Å². The van der Waals surface area contributed by atoms with Gasteiger partial charge < -0.3 is 25.8 Å². The molecule has 1 heterocycles. The number of aliphatic imine (C=N–C) groups is 1. The van der Waals surface area contributed by atoms with Gasteiger partial charge in [0.15, 0.2) is 5.96 Å². The van der Waals surface area contributed by atoms with Crippen molar-refractivity contribution in [3.63, 3.8) is 0 Å². The zero-order valence-electron chi connectivity index (χ0n) is 17.1. The Balaban J connectivity index is 0.00000320. The number of benzene rings is 2. The Hall–Kier alpha value is -2.49. The second-order valence-electron chi connectivity index (χ2n) is 6.86. The van der Waals surface area contributed by atoms with Crippen molar-refractivity contribution in [2.45, 2.75) is 25.9 Å². The summed E-state index contributed by atoms with van der Waals surface area (Å²) in [5.74, 6) is 1.58. The molecule has 2 aromatic carbocycles. The quantitative estimate of drug-likeness (QED) is 0.185. The molecule has 0 fully saturated rings. The van der Waals surface area contributed by atoms with Crippen molar-refractivity contribution in [1.82, 2.24) is 16.0 Å². The zero-order valence-corrected chi connectivity index (χ0v) is 19.4. The molecule has 0 aromatic heterocycles. The molecule has 3 rings (SSSR count). The normalized spacial score (nSPS) is 14.8. The smallest absolute Gasteiger partial charge is 0.251 e. The number of nitrogens with zero attached hydrogens (tertiary/aromatic N) is 1. The van der Waals surface area contributed by atoms with Crippen LogP contribution in [-0.2, 0) is 6.42 Å². The van der Waals surface area contributed by atoms with E-state index in [2.05, 4.69) is 27.0 Å². The predicted molar refractivity (Wildman–Crippen MR) is 129 cm³/mol. The van der Waals surface area contributed by atoms with Crippen molar-refractivity contribution >= 4 is 35.8 Å². The molecule has 1 atom stereocenters. The molecule has 4 N–H and O–H groups in total. The summed E-state index contributed by atoms with van der Waals surface area (Å²) in [6.07, 6.45) is 1.69. The summed E-state index contributed by atoms with van der Waals surface area (Å²) in [6, 6.07) is 14.4. The van der Waals surface area contributed by atoms with Gasteiger partial charge in [0, 0.05) is 31.6 Å². The van der Waals surface area contributed by atoms with Gasteiger partial charge in [-0.25, -0.2) is 4.99 Å². The van der Waals surface area contributed by atoms with Crippen LogP contribution in [0.2, 0.25) is 0 Å². The third-order valence-corrected chi connectivity index (χ3v) is 4.55. The fourth-order valence-corrected chi connectivity index (χ4v) is 3.14. The molecule has 0 saturated heterocycles. The van der Waals surface area contributed by atoms with Gasteiger partial charge in [0.2, 0.25) is 0 Å². The lowest BCUT2D eigenvalue weighted by Crippen LogP contribution is -2.39. The van der Waals surface area contributed by atoms with E-state index in [4.69, 9.17) is 4.74 Å². The number of phenols is 1. The first-order valence-corrected chi connectivity index (χ1v) is 9.99. The first kappa shape index (κ1) is 23.8. The number of para-hydroxylation sites is 1. The van der Waals surface area contributed by atoms with Crippen LogP contribution in [0.25, 0.3) is 0 Å². The average Bonchev–Trinajstić information content (AvgIpc) is 3.14.